The second kappa shape index (κ2) is 9.56. The first-order valence-electron chi connectivity index (χ1n) is 11.5. The molecule has 1 fully saturated rings. The summed E-state index contributed by atoms with van der Waals surface area (Å²) in [5.41, 5.74) is 0.865. The van der Waals surface area contributed by atoms with Gasteiger partial charge in [0, 0.05) is 39.3 Å². The number of hydrogen-bond acceptors (Lipinski definition) is 7. The Morgan fingerprint density at radius 2 is 1.65 bits per heavy atom. The molecule has 0 aliphatic heterocycles. The normalized spacial score (nSPS) is 20.8. The second-order valence-electron chi connectivity index (χ2n) is 8.99. The van der Waals surface area contributed by atoms with E-state index >= 15 is 0 Å². The SMILES string of the molecule is COC(OC)(c1ccccc1)C1(Nc2nc(N(C)C)c3ccccc3n2)CCC(C(=O)O)CC1. The van der Waals surface area contributed by atoms with Crippen LogP contribution in [0, 0.1) is 5.92 Å². The van der Waals surface area contributed by atoms with E-state index < -0.39 is 23.2 Å². The van der Waals surface area contributed by atoms with Crippen LogP contribution in [0.2, 0.25) is 0 Å². The predicted octanol–water partition coefficient (Wildman–Crippen LogP) is 4.27. The molecule has 0 spiro atoms. The molecular weight excluding hydrogens is 432 g/mol. The highest BCUT2D eigenvalue weighted by atomic mass is 16.7. The summed E-state index contributed by atoms with van der Waals surface area (Å²) in [4.78, 5) is 23.4. The Balaban J connectivity index is 1.86. The van der Waals surface area contributed by atoms with Gasteiger partial charge in [0.05, 0.1) is 17.0 Å². The molecule has 180 valence electrons. The van der Waals surface area contributed by atoms with Crippen LogP contribution in [-0.2, 0) is 20.1 Å². The maximum absolute atomic E-state index is 11.7. The van der Waals surface area contributed by atoms with Gasteiger partial charge >= 0.3 is 5.97 Å². The van der Waals surface area contributed by atoms with Crippen molar-refractivity contribution in [3.05, 3.63) is 60.2 Å². The Morgan fingerprint density at radius 3 is 2.24 bits per heavy atom. The van der Waals surface area contributed by atoms with Gasteiger partial charge in [0.25, 0.3) is 0 Å². The molecule has 0 amide bonds. The molecule has 0 unspecified atom stereocenters. The van der Waals surface area contributed by atoms with E-state index in [1.165, 1.54) is 0 Å². The van der Waals surface area contributed by atoms with Crippen LogP contribution in [0.4, 0.5) is 11.8 Å². The highest BCUT2D eigenvalue weighted by molar-refractivity contribution is 5.90. The number of nitrogens with one attached hydrogen (secondary N) is 1. The molecule has 0 saturated heterocycles. The third kappa shape index (κ3) is 4.08. The number of rotatable bonds is 8. The lowest BCUT2D eigenvalue weighted by Crippen LogP contribution is -2.61. The van der Waals surface area contributed by atoms with Crippen molar-refractivity contribution in [2.75, 3.05) is 38.5 Å². The Morgan fingerprint density at radius 1 is 1.03 bits per heavy atom. The van der Waals surface area contributed by atoms with E-state index in [-0.39, 0.29) is 0 Å². The Bertz CT molecular complexity index is 1140. The van der Waals surface area contributed by atoms with Crippen molar-refractivity contribution in [1.82, 2.24) is 9.97 Å². The zero-order valence-electron chi connectivity index (χ0n) is 20.1. The highest BCUT2D eigenvalue weighted by Crippen LogP contribution is 2.49. The number of ether oxygens (including phenoxy) is 2. The average Bonchev–Trinajstić information content (AvgIpc) is 2.85. The predicted molar refractivity (Wildman–Crippen MR) is 132 cm³/mol. The summed E-state index contributed by atoms with van der Waals surface area (Å²) in [7, 11) is 7.14. The minimum atomic E-state index is -1.18. The van der Waals surface area contributed by atoms with E-state index in [9.17, 15) is 9.90 Å². The van der Waals surface area contributed by atoms with Gasteiger partial charge in [0.2, 0.25) is 11.7 Å². The molecule has 34 heavy (non-hydrogen) atoms. The smallest absolute Gasteiger partial charge is 0.306 e. The van der Waals surface area contributed by atoms with Gasteiger partial charge in [-0.3, -0.25) is 4.79 Å². The number of carboxylic acids is 1. The van der Waals surface area contributed by atoms with Crippen molar-refractivity contribution in [3.8, 4) is 0 Å². The molecule has 0 atom stereocenters. The van der Waals surface area contributed by atoms with Gasteiger partial charge < -0.3 is 24.8 Å². The monoisotopic (exact) mass is 464 g/mol. The minimum absolute atomic E-state index is 0.410. The Hall–Kier alpha value is -3.23. The van der Waals surface area contributed by atoms with Crippen molar-refractivity contribution in [3.63, 3.8) is 0 Å². The standard InChI is InChI=1S/C26H32N4O4/c1-30(2)22-20-12-8-9-13-21(20)27-24(28-22)29-25(16-14-18(15-17-25)23(31)32)26(33-3,34-4)19-10-6-5-7-11-19/h5-13,18H,14-17H2,1-4H3,(H,31,32)(H,27,28,29). The number of methoxy groups -OCH3 is 2. The van der Waals surface area contributed by atoms with Crippen LogP contribution in [0.25, 0.3) is 10.9 Å². The van der Waals surface area contributed by atoms with Gasteiger partial charge in [-0.1, -0.05) is 42.5 Å². The van der Waals surface area contributed by atoms with E-state index in [0.717, 1.165) is 22.3 Å². The molecule has 2 N–H and O–H groups in total. The number of carboxylic acid groups (broad SMARTS) is 1. The third-order valence-electron chi connectivity index (χ3n) is 6.90. The van der Waals surface area contributed by atoms with Gasteiger partial charge in [-0.2, -0.15) is 4.98 Å². The largest absolute Gasteiger partial charge is 0.481 e. The highest BCUT2D eigenvalue weighted by Gasteiger charge is 2.56. The topological polar surface area (TPSA) is 96.8 Å². The number of aliphatic carboxylic acids is 1. The van der Waals surface area contributed by atoms with E-state index in [0.29, 0.717) is 31.6 Å². The molecule has 1 aromatic heterocycles. The number of anilines is 2. The van der Waals surface area contributed by atoms with E-state index in [1.54, 1.807) is 14.2 Å². The molecule has 2 aromatic carbocycles. The first kappa shape index (κ1) is 23.9. The number of hydrogen-bond donors (Lipinski definition) is 2. The molecule has 8 nitrogen and oxygen atoms in total. The van der Waals surface area contributed by atoms with Crippen LogP contribution in [0.5, 0.6) is 0 Å². The van der Waals surface area contributed by atoms with Crippen molar-refractivity contribution in [1.29, 1.82) is 0 Å². The molecule has 0 bridgehead atoms. The van der Waals surface area contributed by atoms with Crippen molar-refractivity contribution >= 4 is 28.6 Å². The second-order valence-corrected chi connectivity index (χ2v) is 8.99. The summed E-state index contributed by atoms with van der Waals surface area (Å²) in [5.74, 6) is -1.11. The molecule has 1 aliphatic rings. The van der Waals surface area contributed by atoms with Gasteiger partial charge in [0.15, 0.2) is 0 Å². The van der Waals surface area contributed by atoms with Crippen molar-refractivity contribution < 1.29 is 19.4 Å². The van der Waals surface area contributed by atoms with E-state index in [2.05, 4.69) is 5.32 Å². The maximum Gasteiger partial charge on any atom is 0.306 e. The Labute approximate surface area is 199 Å². The molecule has 1 heterocycles. The first-order chi connectivity index (χ1) is 16.4. The number of carbonyl (C=O) groups is 1. The van der Waals surface area contributed by atoms with Crippen LogP contribution < -0.4 is 10.2 Å². The molecule has 1 saturated carbocycles. The summed E-state index contributed by atoms with van der Waals surface area (Å²) in [6, 6.07) is 17.6. The van der Waals surface area contributed by atoms with Crippen LogP contribution in [-0.4, -0.2) is 54.9 Å². The zero-order valence-corrected chi connectivity index (χ0v) is 20.1. The average molecular weight is 465 g/mol. The van der Waals surface area contributed by atoms with Gasteiger partial charge in [0.1, 0.15) is 5.82 Å². The lowest BCUT2D eigenvalue weighted by atomic mass is 9.69. The van der Waals surface area contributed by atoms with Crippen LogP contribution in [0.3, 0.4) is 0 Å². The molecule has 8 heteroatoms. The quantitative estimate of drug-likeness (QED) is 0.477. The van der Waals surface area contributed by atoms with E-state index in [1.807, 2.05) is 73.6 Å². The van der Waals surface area contributed by atoms with E-state index in [4.69, 9.17) is 19.4 Å². The van der Waals surface area contributed by atoms with Gasteiger partial charge in [-0.25, -0.2) is 4.98 Å². The first-order valence-corrected chi connectivity index (χ1v) is 11.5. The Kier molecular flexibility index (Phi) is 6.72. The zero-order chi connectivity index (χ0) is 24.3. The van der Waals surface area contributed by atoms with Crippen LogP contribution in [0.1, 0.15) is 31.2 Å². The lowest BCUT2D eigenvalue weighted by molar-refractivity contribution is -0.259. The minimum Gasteiger partial charge on any atom is -0.481 e. The summed E-state index contributed by atoms with van der Waals surface area (Å²) in [5, 5.41) is 14.2. The van der Waals surface area contributed by atoms with Crippen LogP contribution in [0.15, 0.2) is 54.6 Å². The number of nitrogens with zero attached hydrogens (tertiary/aromatic N) is 3. The fourth-order valence-corrected chi connectivity index (χ4v) is 5.21. The molecule has 1 aliphatic carbocycles. The molecular formula is C26H32N4O4. The number of aromatic nitrogens is 2. The van der Waals surface area contributed by atoms with Gasteiger partial charge in [-0.05, 0) is 37.8 Å². The fourth-order valence-electron chi connectivity index (χ4n) is 5.21. The van der Waals surface area contributed by atoms with Crippen molar-refractivity contribution in [2.24, 2.45) is 5.92 Å². The summed E-state index contributed by atoms with van der Waals surface area (Å²) in [6.07, 6.45) is 1.98. The third-order valence-corrected chi connectivity index (χ3v) is 6.90. The van der Waals surface area contributed by atoms with Gasteiger partial charge in [-0.15, -0.1) is 0 Å². The number of benzene rings is 2. The van der Waals surface area contributed by atoms with Crippen LogP contribution >= 0.6 is 0 Å². The molecule has 4 rings (SSSR count). The number of para-hydroxylation sites is 1. The molecule has 0 radical (unpaired) electrons. The summed E-state index contributed by atoms with van der Waals surface area (Å²) < 4.78 is 12.3. The maximum atomic E-state index is 11.7. The lowest BCUT2D eigenvalue weighted by Gasteiger charge is -2.51. The fraction of sp³-hybridized carbons (Fsp3) is 0.423. The summed E-state index contributed by atoms with van der Waals surface area (Å²) in [6.45, 7) is 0. The molecule has 3 aromatic rings. The number of fused-ring (bicyclic) bond motifs is 1. The van der Waals surface area contributed by atoms with Crippen molar-refractivity contribution in [2.45, 2.75) is 37.0 Å². The summed E-state index contributed by atoms with van der Waals surface area (Å²) >= 11 is 0.